The molecule has 2 aliphatic heterocycles. The number of carbonyl (C=O) groups excluding carboxylic acids is 1. The third-order valence-corrected chi connectivity index (χ3v) is 7.74. The van der Waals surface area contributed by atoms with Gasteiger partial charge in [-0.05, 0) is 68.4 Å². The standard InChI is InChI=1S/C26H30BCl2N3O3/c1-25(2)26(3,4)35-27(34-25)20-8-6-7-16-15-32(10-9-19(16)20)24(33)23-21(28)11-17(12-22(23)29)18(13-30)14-31-5/h6-8,11-14,30-31H,9-10,15H2,1-5H3/b18-14+,30-13?. The van der Waals surface area contributed by atoms with Crippen LogP contribution in [0.3, 0.4) is 0 Å². The Balaban J connectivity index is 1.59. The number of benzene rings is 2. The number of rotatable bonds is 5. The molecule has 2 N–H and O–H groups in total. The van der Waals surface area contributed by atoms with Crippen molar-refractivity contribution in [3.05, 3.63) is 68.8 Å². The fourth-order valence-electron chi connectivity index (χ4n) is 4.47. The second-order valence-electron chi connectivity index (χ2n) is 9.90. The molecular formula is C26H30BCl2N3O3. The first-order valence-corrected chi connectivity index (χ1v) is 12.4. The summed E-state index contributed by atoms with van der Waals surface area (Å²) in [6.45, 7) is 9.15. The summed E-state index contributed by atoms with van der Waals surface area (Å²) in [5.41, 5.74) is 3.95. The lowest BCUT2D eigenvalue weighted by atomic mass is 9.73. The second-order valence-corrected chi connectivity index (χ2v) is 10.7. The van der Waals surface area contributed by atoms with Crippen molar-refractivity contribution in [1.82, 2.24) is 10.2 Å². The predicted molar refractivity (Wildman–Crippen MR) is 143 cm³/mol. The van der Waals surface area contributed by atoms with Crippen LogP contribution >= 0.6 is 23.2 Å². The van der Waals surface area contributed by atoms with Crippen LogP contribution in [0.4, 0.5) is 0 Å². The minimum atomic E-state index is -0.442. The zero-order valence-corrected chi connectivity index (χ0v) is 22.2. The van der Waals surface area contributed by atoms with Gasteiger partial charge >= 0.3 is 7.12 Å². The molecule has 0 unspecified atom stereocenters. The van der Waals surface area contributed by atoms with E-state index in [1.807, 2.05) is 45.9 Å². The van der Waals surface area contributed by atoms with Crippen LogP contribution in [0.2, 0.25) is 10.0 Å². The summed E-state index contributed by atoms with van der Waals surface area (Å²) in [5, 5.41) is 11.0. The molecule has 0 bridgehead atoms. The molecule has 1 amide bonds. The molecule has 0 saturated carbocycles. The molecule has 0 aromatic heterocycles. The Morgan fingerprint density at radius 3 is 2.34 bits per heavy atom. The summed E-state index contributed by atoms with van der Waals surface area (Å²) in [4.78, 5) is 15.2. The van der Waals surface area contributed by atoms with Crippen LogP contribution in [0.15, 0.2) is 36.5 Å². The topological polar surface area (TPSA) is 74.7 Å². The van der Waals surface area contributed by atoms with E-state index in [4.69, 9.17) is 37.9 Å². The highest BCUT2D eigenvalue weighted by molar-refractivity contribution is 6.62. The van der Waals surface area contributed by atoms with Crippen LogP contribution in [-0.4, -0.2) is 48.9 Å². The molecule has 2 aliphatic rings. The van der Waals surface area contributed by atoms with E-state index in [1.54, 1.807) is 30.3 Å². The van der Waals surface area contributed by atoms with E-state index in [1.165, 1.54) is 6.21 Å². The third-order valence-electron chi connectivity index (χ3n) is 7.14. The SMILES string of the molecule is CN/C=C(\C=N)c1cc(Cl)c(C(=O)N2CCc3c(cccc3B3OC(C)(C)C(C)(C)O3)C2)c(Cl)c1. The van der Waals surface area contributed by atoms with E-state index in [0.717, 1.165) is 16.6 Å². The number of hydrogen-bond donors (Lipinski definition) is 2. The van der Waals surface area contributed by atoms with Crippen molar-refractivity contribution in [3.63, 3.8) is 0 Å². The van der Waals surface area contributed by atoms with Gasteiger partial charge in [-0.3, -0.25) is 4.79 Å². The minimum Gasteiger partial charge on any atom is -0.399 e. The van der Waals surface area contributed by atoms with Crippen molar-refractivity contribution in [3.8, 4) is 0 Å². The number of fused-ring (bicyclic) bond motifs is 1. The fourth-order valence-corrected chi connectivity index (χ4v) is 5.12. The van der Waals surface area contributed by atoms with Crippen LogP contribution < -0.4 is 10.8 Å². The predicted octanol–water partition coefficient (Wildman–Crippen LogP) is 4.70. The van der Waals surface area contributed by atoms with Crippen molar-refractivity contribution >= 4 is 53.5 Å². The van der Waals surface area contributed by atoms with Gasteiger partial charge in [0.1, 0.15) is 0 Å². The number of nitrogens with zero attached hydrogens (tertiary/aromatic N) is 1. The summed E-state index contributed by atoms with van der Waals surface area (Å²) in [6, 6.07) is 9.40. The molecule has 1 saturated heterocycles. The van der Waals surface area contributed by atoms with Crippen molar-refractivity contribution in [2.45, 2.75) is 51.9 Å². The first kappa shape index (κ1) is 25.8. The van der Waals surface area contributed by atoms with Crippen LogP contribution in [0, 0.1) is 5.41 Å². The maximum absolute atomic E-state index is 13.5. The van der Waals surface area contributed by atoms with Crippen molar-refractivity contribution in [2.24, 2.45) is 0 Å². The van der Waals surface area contributed by atoms with Gasteiger partial charge in [-0.1, -0.05) is 41.4 Å². The minimum absolute atomic E-state index is 0.216. The molecule has 0 atom stereocenters. The summed E-state index contributed by atoms with van der Waals surface area (Å²) in [7, 11) is 1.30. The largest absolute Gasteiger partial charge is 0.495 e. The van der Waals surface area contributed by atoms with Gasteiger partial charge in [0.15, 0.2) is 0 Å². The number of hydrogen-bond acceptors (Lipinski definition) is 5. The molecule has 35 heavy (non-hydrogen) atoms. The molecule has 2 aromatic carbocycles. The average Bonchev–Trinajstić information content (AvgIpc) is 3.02. The van der Waals surface area contributed by atoms with Gasteiger partial charge in [-0.2, -0.15) is 0 Å². The van der Waals surface area contributed by atoms with E-state index < -0.39 is 18.3 Å². The Labute approximate surface area is 217 Å². The van der Waals surface area contributed by atoms with Crippen LogP contribution in [0.25, 0.3) is 5.57 Å². The molecule has 4 rings (SSSR count). The lowest BCUT2D eigenvalue weighted by Gasteiger charge is -2.32. The Kier molecular flexibility index (Phi) is 7.08. The summed E-state index contributed by atoms with van der Waals surface area (Å²) in [5.74, 6) is -0.216. The molecule has 0 radical (unpaired) electrons. The maximum atomic E-state index is 13.5. The van der Waals surface area contributed by atoms with E-state index in [2.05, 4.69) is 5.32 Å². The van der Waals surface area contributed by atoms with Gasteiger partial charge in [0.05, 0.1) is 26.8 Å². The number of amides is 1. The molecule has 1 fully saturated rings. The van der Waals surface area contributed by atoms with Gasteiger partial charge < -0.3 is 24.9 Å². The van der Waals surface area contributed by atoms with Gasteiger partial charge in [0, 0.05) is 38.1 Å². The van der Waals surface area contributed by atoms with E-state index >= 15 is 0 Å². The van der Waals surface area contributed by atoms with Gasteiger partial charge in [0.25, 0.3) is 5.91 Å². The number of nitrogens with one attached hydrogen (secondary N) is 2. The van der Waals surface area contributed by atoms with E-state index in [0.29, 0.717) is 30.6 Å². The van der Waals surface area contributed by atoms with Crippen molar-refractivity contribution in [1.29, 1.82) is 5.41 Å². The van der Waals surface area contributed by atoms with Crippen molar-refractivity contribution < 1.29 is 14.1 Å². The highest BCUT2D eigenvalue weighted by Gasteiger charge is 2.52. The zero-order chi connectivity index (χ0) is 25.5. The zero-order valence-electron chi connectivity index (χ0n) is 20.7. The highest BCUT2D eigenvalue weighted by atomic mass is 35.5. The quantitative estimate of drug-likeness (QED) is 0.448. The van der Waals surface area contributed by atoms with Crippen molar-refractivity contribution in [2.75, 3.05) is 13.6 Å². The molecule has 2 aromatic rings. The Morgan fingerprint density at radius 2 is 1.77 bits per heavy atom. The Hall–Kier alpha value is -2.32. The maximum Gasteiger partial charge on any atom is 0.495 e. The summed E-state index contributed by atoms with van der Waals surface area (Å²) < 4.78 is 12.6. The Morgan fingerprint density at radius 1 is 1.14 bits per heavy atom. The molecule has 0 spiro atoms. The molecular weight excluding hydrogens is 484 g/mol. The second kappa shape index (κ2) is 9.62. The number of allylic oxidation sites excluding steroid dienone is 1. The van der Waals surface area contributed by atoms with Gasteiger partial charge in [-0.25, -0.2) is 0 Å². The summed E-state index contributed by atoms with van der Waals surface area (Å²) >= 11 is 13.1. The lowest BCUT2D eigenvalue weighted by Crippen LogP contribution is -2.43. The van der Waals surface area contributed by atoms with Crippen LogP contribution in [-0.2, 0) is 22.3 Å². The normalized spacial score (nSPS) is 18.9. The Bertz CT molecular complexity index is 1170. The fraction of sp³-hybridized carbons (Fsp3) is 0.385. The number of halogens is 2. The molecule has 0 aliphatic carbocycles. The molecule has 9 heteroatoms. The highest BCUT2D eigenvalue weighted by Crippen LogP contribution is 2.37. The molecule has 6 nitrogen and oxygen atoms in total. The molecule has 2 heterocycles. The first-order valence-electron chi connectivity index (χ1n) is 11.6. The van der Waals surface area contributed by atoms with Gasteiger partial charge in [-0.15, -0.1) is 0 Å². The first-order chi connectivity index (χ1) is 16.5. The summed E-state index contributed by atoms with van der Waals surface area (Å²) in [6.07, 6.45) is 3.56. The number of carbonyl (C=O) groups is 1. The third kappa shape index (κ3) is 4.75. The monoisotopic (exact) mass is 513 g/mol. The van der Waals surface area contributed by atoms with Crippen LogP contribution in [0.5, 0.6) is 0 Å². The smallest absolute Gasteiger partial charge is 0.399 e. The van der Waals surface area contributed by atoms with Gasteiger partial charge in [0.2, 0.25) is 0 Å². The van der Waals surface area contributed by atoms with Crippen LogP contribution in [0.1, 0.15) is 54.7 Å². The van der Waals surface area contributed by atoms with E-state index in [-0.39, 0.29) is 21.5 Å². The molecule has 184 valence electrons. The average molecular weight is 514 g/mol. The lowest BCUT2D eigenvalue weighted by molar-refractivity contribution is 0.00578. The van der Waals surface area contributed by atoms with E-state index in [9.17, 15) is 4.79 Å².